The number of halogens is 2. The summed E-state index contributed by atoms with van der Waals surface area (Å²) in [5, 5.41) is 0. The van der Waals surface area contributed by atoms with Crippen LogP contribution in [0.4, 0.5) is 8.78 Å². The van der Waals surface area contributed by atoms with Crippen LogP contribution in [0.1, 0.15) is 102 Å². The number of rotatable bonds is 9. The molecule has 2 aliphatic rings. The summed E-state index contributed by atoms with van der Waals surface area (Å²) in [4.78, 5) is 0. The maximum absolute atomic E-state index is 14.8. The Bertz CT molecular complexity index is 722. The molecule has 0 aromatic heterocycles. The lowest BCUT2D eigenvalue weighted by molar-refractivity contribution is 0.294. The first-order valence-corrected chi connectivity index (χ1v) is 12.4. The van der Waals surface area contributed by atoms with Crippen LogP contribution in [0.15, 0.2) is 30.4 Å². The molecule has 1 saturated carbocycles. The predicted octanol–water partition coefficient (Wildman–Crippen LogP) is 9.04. The normalized spacial score (nSPS) is 24.9. The second-order valence-corrected chi connectivity index (χ2v) is 9.59. The lowest BCUT2D eigenvalue weighted by atomic mass is 9.80. The summed E-state index contributed by atoms with van der Waals surface area (Å²) >= 11 is 0. The van der Waals surface area contributed by atoms with E-state index >= 15 is 0 Å². The van der Waals surface area contributed by atoms with Gasteiger partial charge in [0.2, 0.25) is 0 Å². The molecule has 0 N–H and O–H groups in total. The van der Waals surface area contributed by atoms with Gasteiger partial charge in [0.15, 0.2) is 11.6 Å². The molecule has 166 valence electrons. The number of allylic oxidation sites excluding steroid dienone is 4. The van der Waals surface area contributed by atoms with Crippen LogP contribution >= 0.6 is 0 Å². The van der Waals surface area contributed by atoms with Crippen molar-refractivity contribution in [3.63, 3.8) is 0 Å². The minimum Gasteiger partial charge on any atom is -0.203 e. The minimum atomic E-state index is -0.647. The first-order chi connectivity index (χ1) is 14.6. The van der Waals surface area contributed by atoms with Gasteiger partial charge in [-0.15, -0.1) is 0 Å². The summed E-state index contributed by atoms with van der Waals surface area (Å²) in [5.74, 6) is 1.02. The molecule has 2 heteroatoms. The van der Waals surface area contributed by atoms with E-state index in [9.17, 15) is 8.78 Å². The van der Waals surface area contributed by atoms with E-state index in [-0.39, 0.29) is 0 Å². The molecule has 0 saturated heterocycles. The summed E-state index contributed by atoms with van der Waals surface area (Å²) in [6, 6.07) is 3.61. The maximum Gasteiger partial charge on any atom is 0.166 e. The van der Waals surface area contributed by atoms with Gasteiger partial charge in [-0.05, 0) is 86.7 Å². The van der Waals surface area contributed by atoms with E-state index < -0.39 is 11.6 Å². The molecule has 2 aliphatic carbocycles. The standard InChI is InChI=1S/C28H40F2/c1-3-7-21-11-13-23(14-12-21)9-5-6-10-25-19-20-26(28(30)27(25)29)24-17-15-22(8-4-2)16-18-24/h5,9,17,19-23H,3-4,6-8,10-16,18H2,1-2H3. The third-order valence-electron chi connectivity index (χ3n) is 7.30. The average molecular weight is 415 g/mol. The Morgan fingerprint density at radius 1 is 0.900 bits per heavy atom. The van der Waals surface area contributed by atoms with Crippen molar-refractivity contribution in [2.75, 3.05) is 0 Å². The Labute approximate surface area is 182 Å². The van der Waals surface area contributed by atoms with Crippen LogP contribution in [0.25, 0.3) is 5.57 Å². The molecule has 0 aliphatic heterocycles. The molecule has 30 heavy (non-hydrogen) atoms. The molecule has 3 rings (SSSR count). The molecular weight excluding hydrogens is 374 g/mol. The van der Waals surface area contributed by atoms with Gasteiger partial charge in [0.25, 0.3) is 0 Å². The highest BCUT2D eigenvalue weighted by molar-refractivity contribution is 5.67. The van der Waals surface area contributed by atoms with Crippen LogP contribution in [0, 0.1) is 29.4 Å². The molecule has 1 fully saturated rings. The van der Waals surface area contributed by atoms with E-state index in [0.717, 1.165) is 37.2 Å². The quantitative estimate of drug-likeness (QED) is 0.353. The molecule has 1 atom stereocenters. The van der Waals surface area contributed by atoms with Gasteiger partial charge in [-0.3, -0.25) is 0 Å². The van der Waals surface area contributed by atoms with Crippen molar-refractivity contribution in [3.8, 4) is 0 Å². The van der Waals surface area contributed by atoms with Crippen molar-refractivity contribution in [2.24, 2.45) is 17.8 Å². The minimum absolute atomic E-state index is 0.477. The summed E-state index contributed by atoms with van der Waals surface area (Å²) in [6.45, 7) is 4.48. The Balaban J connectivity index is 1.51. The second-order valence-electron chi connectivity index (χ2n) is 9.59. The molecule has 0 amide bonds. The number of aryl methyl sites for hydroxylation is 1. The number of hydrogen-bond donors (Lipinski definition) is 0. The van der Waals surface area contributed by atoms with Gasteiger partial charge in [0.1, 0.15) is 0 Å². The fourth-order valence-electron chi connectivity index (χ4n) is 5.44. The van der Waals surface area contributed by atoms with Crippen LogP contribution in [0.2, 0.25) is 0 Å². The molecule has 0 bridgehead atoms. The highest BCUT2D eigenvalue weighted by Gasteiger charge is 2.21. The van der Waals surface area contributed by atoms with Gasteiger partial charge in [-0.25, -0.2) is 8.78 Å². The monoisotopic (exact) mass is 414 g/mol. The highest BCUT2D eigenvalue weighted by Crippen LogP contribution is 2.35. The van der Waals surface area contributed by atoms with Gasteiger partial charge in [0.05, 0.1) is 0 Å². The van der Waals surface area contributed by atoms with E-state index in [1.165, 1.54) is 51.4 Å². The van der Waals surface area contributed by atoms with E-state index in [1.807, 2.05) is 0 Å². The second kappa shape index (κ2) is 11.8. The summed E-state index contributed by atoms with van der Waals surface area (Å²) in [5.41, 5.74) is 1.97. The smallest absolute Gasteiger partial charge is 0.166 e. The van der Waals surface area contributed by atoms with Gasteiger partial charge in [0, 0.05) is 5.56 Å². The molecule has 1 aromatic rings. The summed E-state index contributed by atoms with van der Waals surface area (Å²) in [7, 11) is 0. The Morgan fingerprint density at radius 3 is 2.30 bits per heavy atom. The van der Waals surface area contributed by atoms with Crippen LogP contribution in [-0.2, 0) is 6.42 Å². The molecule has 1 unspecified atom stereocenters. The lowest BCUT2D eigenvalue weighted by Gasteiger charge is -2.26. The molecule has 0 radical (unpaired) electrons. The third kappa shape index (κ3) is 6.28. The molecular formula is C28H40F2. The van der Waals surface area contributed by atoms with Crippen molar-refractivity contribution in [3.05, 3.63) is 53.1 Å². The zero-order valence-corrected chi connectivity index (χ0v) is 19.1. The zero-order valence-electron chi connectivity index (χ0n) is 19.1. The van der Waals surface area contributed by atoms with E-state index in [0.29, 0.717) is 29.4 Å². The number of benzene rings is 1. The third-order valence-corrected chi connectivity index (χ3v) is 7.30. The first-order valence-electron chi connectivity index (χ1n) is 12.4. The van der Waals surface area contributed by atoms with Crippen LogP contribution in [0.5, 0.6) is 0 Å². The van der Waals surface area contributed by atoms with Crippen molar-refractivity contribution in [1.29, 1.82) is 0 Å². The van der Waals surface area contributed by atoms with E-state index in [2.05, 4.69) is 32.1 Å². The van der Waals surface area contributed by atoms with Crippen molar-refractivity contribution in [1.82, 2.24) is 0 Å². The van der Waals surface area contributed by atoms with Gasteiger partial charge < -0.3 is 0 Å². The van der Waals surface area contributed by atoms with Crippen LogP contribution in [-0.4, -0.2) is 0 Å². The SMILES string of the molecule is CCCC1CC=C(c2ccc(CCC=CC3CCC(CCC)CC3)c(F)c2F)CC1. The molecule has 0 heterocycles. The zero-order chi connectivity index (χ0) is 21.3. The predicted molar refractivity (Wildman–Crippen MR) is 124 cm³/mol. The first kappa shape index (κ1) is 23.2. The van der Waals surface area contributed by atoms with Crippen molar-refractivity contribution < 1.29 is 8.78 Å². The fraction of sp³-hybridized carbons (Fsp3) is 0.643. The highest BCUT2D eigenvalue weighted by atomic mass is 19.2. The fourth-order valence-corrected chi connectivity index (χ4v) is 5.44. The maximum atomic E-state index is 14.8. The van der Waals surface area contributed by atoms with Crippen molar-refractivity contribution >= 4 is 5.57 Å². The van der Waals surface area contributed by atoms with Crippen LogP contribution < -0.4 is 0 Å². The largest absolute Gasteiger partial charge is 0.203 e. The van der Waals surface area contributed by atoms with Gasteiger partial charge >= 0.3 is 0 Å². The molecule has 0 spiro atoms. The van der Waals surface area contributed by atoms with Crippen molar-refractivity contribution in [2.45, 2.75) is 97.3 Å². The summed E-state index contributed by atoms with van der Waals surface area (Å²) < 4.78 is 29.4. The topological polar surface area (TPSA) is 0 Å². The Kier molecular flexibility index (Phi) is 9.15. The van der Waals surface area contributed by atoms with Gasteiger partial charge in [-0.2, -0.15) is 0 Å². The van der Waals surface area contributed by atoms with Crippen LogP contribution in [0.3, 0.4) is 0 Å². The molecule has 0 nitrogen and oxygen atoms in total. The van der Waals surface area contributed by atoms with Gasteiger partial charge in [-0.1, -0.05) is 69.9 Å². The average Bonchev–Trinajstić information content (AvgIpc) is 2.76. The Morgan fingerprint density at radius 2 is 1.63 bits per heavy atom. The Hall–Kier alpha value is -1.44. The van der Waals surface area contributed by atoms with E-state index in [1.54, 1.807) is 12.1 Å². The summed E-state index contributed by atoms with van der Waals surface area (Å²) in [6.07, 6.45) is 21.3. The van der Waals surface area contributed by atoms with E-state index in [4.69, 9.17) is 0 Å². The number of hydrogen-bond acceptors (Lipinski definition) is 0. The molecule has 1 aromatic carbocycles. The lowest BCUT2D eigenvalue weighted by Crippen LogP contribution is -2.12.